The number of benzene rings is 6. The molecule has 6 aromatic carbocycles. The van der Waals surface area contributed by atoms with Gasteiger partial charge in [-0.3, -0.25) is 49.9 Å². The molecule has 6 N–H and O–H groups in total. The van der Waals surface area contributed by atoms with Gasteiger partial charge >= 0.3 is 0 Å². The third-order valence-electron chi connectivity index (χ3n) is 30.6. The minimum Gasteiger partial charge on any atom is -0.507 e. The summed E-state index contributed by atoms with van der Waals surface area (Å²) >= 11 is 0. The number of rotatable bonds is 29. The Morgan fingerprint density at radius 3 is 0.818 bits per heavy atom. The molecule has 27 heteroatoms. The number of aromatic hydroxyl groups is 6. The van der Waals surface area contributed by atoms with Crippen molar-refractivity contribution >= 4 is 61.1 Å². The van der Waals surface area contributed by atoms with E-state index in [1.807, 2.05) is 76.1 Å². The zero-order chi connectivity index (χ0) is 104. The zero-order valence-electron chi connectivity index (χ0n) is 93.3. The van der Waals surface area contributed by atoms with Crippen molar-refractivity contribution < 1.29 is 81.0 Å². The molecular formula is C121H178Co3N18O6. The molecule has 3 radical (unpaired) electrons. The number of aliphatic imine (C=N–C) groups is 10. The fraction of sp³-hybridized carbons (Fsp3) is 0.620. The molecular weight excluding hydrogens is 1980 g/mol. The molecule has 24 nitrogen and oxygen atoms in total. The van der Waals surface area contributed by atoms with Crippen molar-refractivity contribution in [1.29, 1.82) is 0 Å². The largest absolute Gasteiger partial charge is 0.507 e. The Morgan fingerprint density at radius 2 is 0.534 bits per heavy atom. The van der Waals surface area contributed by atoms with Gasteiger partial charge in [-0.1, -0.05) is 166 Å². The van der Waals surface area contributed by atoms with Crippen LogP contribution in [0.4, 0.5) is 0 Å². The van der Waals surface area contributed by atoms with E-state index in [0.29, 0.717) is 35.3 Å². The van der Waals surface area contributed by atoms with E-state index >= 15 is 0 Å². The number of phenols is 6. The van der Waals surface area contributed by atoms with E-state index in [1.54, 1.807) is 6.21 Å². The smallest absolute Gasteiger partial charge is 0.196 e. The maximum Gasteiger partial charge on any atom is 0.196 e. The Kier molecular flexibility index (Phi) is 42.9. The minimum absolute atomic E-state index is 0. The second-order valence-electron chi connectivity index (χ2n) is 48.7. The quantitative estimate of drug-likeness (QED) is 0.0239. The van der Waals surface area contributed by atoms with Crippen LogP contribution in [0.25, 0.3) is 0 Å². The molecule has 16 rings (SSSR count). The van der Waals surface area contributed by atoms with E-state index in [4.69, 9.17) is 44.9 Å². The third-order valence-corrected chi connectivity index (χ3v) is 30.6. The van der Waals surface area contributed by atoms with Crippen LogP contribution in [0.15, 0.2) is 123 Å². The van der Waals surface area contributed by atoms with Gasteiger partial charge in [0.25, 0.3) is 0 Å². The molecule has 10 aliphatic rings. The first-order chi connectivity index (χ1) is 69.0. The number of fused-ring (bicyclic) bond motifs is 4. The monoisotopic (exact) mass is 2160 g/mol. The Labute approximate surface area is 918 Å². The van der Waals surface area contributed by atoms with Crippen molar-refractivity contribution in [2.45, 2.75) is 349 Å². The van der Waals surface area contributed by atoms with Crippen molar-refractivity contribution in [3.8, 4) is 34.5 Å². The van der Waals surface area contributed by atoms with Crippen LogP contribution in [0.3, 0.4) is 0 Å². The Hall–Kier alpha value is -9.26. The van der Waals surface area contributed by atoms with E-state index in [2.05, 4.69) is 210 Å². The van der Waals surface area contributed by atoms with Crippen LogP contribution in [-0.2, 0) is 103 Å². The van der Waals surface area contributed by atoms with Gasteiger partial charge in [0.05, 0.1) is 36.3 Å². The number of phenolic OH excluding ortho intramolecular Hbond substituents is 6. The fourth-order valence-electron chi connectivity index (χ4n) is 22.2. The molecule has 2 saturated carbocycles. The first-order valence-corrected chi connectivity index (χ1v) is 55.4. The number of hydrogen-bond donors (Lipinski definition) is 6. The van der Waals surface area contributed by atoms with Gasteiger partial charge in [0.1, 0.15) is 34.5 Å². The van der Waals surface area contributed by atoms with Crippen molar-refractivity contribution in [3.63, 3.8) is 0 Å². The van der Waals surface area contributed by atoms with Gasteiger partial charge < -0.3 is 69.8 Å². The Balaban J connectivity index is 0.000000210. The fourth-order valence-corrected chi connectivity index (χ4v) is 22.2. The average molecular weight is 2160 g/mol. The van der Waals surface area contributed by atoms with Crippen LogP contribution < -0.4 is 0 Å². The SMILES string of the molecule is Cc1cc(C=NC2CCCCC2N=Cc2cc(C(C)(C)C)cc(CCCN3CCCN4CCCN=C43)c2O)c(O)c(C(C)(C)C)c1.Cc1cc(C=NC2CCCCC2N=Cc2cc(C(C)(C)C)cc(CCCN3CCCN4CCCN=C43)c2O)c(O)c(CCCN2CCCN3CCCN=C32)c1.Cc1cc(C=NCC(C)(C)N=Cc2cc(C(C)(C)C)cc(CCCN3CCCN4CCCN=C43)c2O)c(O)c(C(C)(C)C)c1.[Co].[Co].[Co]. The molecule has 4 atom stereocenters. The predicted molar refractivity (Wildman–Crippen MR) is 605 cm³/mol. The molecule has 0 spiro atoms. The topological polar surface area (TPSA) is 271 Å². The van der Waals surface area contributed by atoms with E-state index in [1.165, 1.54) is 66.2 Å². The number of hydrogen-bond acceptors (Lipinski definition) is 24. The second-order valence-corrected chi connectivity index (χ2v) is 48.7. The molecule has 6 fully saturated rings. The van der Waals surface area contributed by atoms with Crippen LogP contribution in [0.2, 0.25) is 0 Å². The van der Waals surface area contributed by atoms with Crippen LogP contribution in [0.5, 0.6) is 34.5 Å². The van der Waals surface area contributed by atoms with E-state index in [-0.39, 0.29) is 107 Å². The molecule has 0 amide bonds. The molecule has 0 aromatic heterocycles. The first kappa shape index (κ1) is 119. The van der Waals surface area contributed by atoms with E-state index in [0.717, 1.165) is 343 Å². The van der Waals surface area contributed by atoms with Gasteiger partial charge in [0.15, 0.2) is 23.8 Å². The summed E-state index contributed by atoms with van der Waals surface area (Å²) in [4.78, 5) is 68.8. The molecule has 6 aromatic rings. The van der Waals surface area contributed by atoms with Gasteiger partial charge in [0, 0.05) is 263 Å². The molecule has 8 heterocycles. The van der Waals surface area contributed by atoms with Crippen LogP contribution in [0.1, 0.15) is 346 Å². The third kappa shape index (κ3) is 32.2. The summed E-state index contributed by atoms with van der Waals surface area (Å²) in [6.45, 7) is 64.1. The van der Waals surface area contributed by atoms with Gasteiger partial charge in [-0.15, -0.1) is 0 Å². The van der Waals surface area contributed by atoms with Gasteiger partial charge in [-0.05, 0) is 282 Å². The summed E-state index contributed by atoms with van der Waals surface area (Å²) in [5, 5.41) is 67.9. The van der Waals surface area contributed by atoms with Crippen molar-refractivity contribution in [3.05, 3.63) is 173 Å². The number of nitrogens with zero attached hydrogens (tertiary/aromatic N) is 18. The van der Waals surface area contributed by atoms with Crippen LogP contribution in [0, 0.1) is 20.8 Å². The van der Waals surface area contributed by atoms with Gasteiger partial charge in [-0.25, -0.2) is 0 Å². The van der Waals surface area contributed by atoms with Crippen molar-refractivity contribution in [2.24, 2.45) is 49.9 Å². The molecule has 0 bridgehead atoms. The molecule has 2 aliphatic carbocycles. The molecule has 148 heavy (non-hydrogen) atoms. The average Bonchev–Trinajstić information content (AvgIpc) is 0.809. The van der Waals surface area contributed by atoms with E-state index in [9.17, 15) is 30.6 Å². The number of guanidine groups is 4. The summed E-state index contributed by atoms with van der Waals surface area (Å²) in [5.74, 6) is 6.66. The first-order valence-electron chi connectivity index (χ1n) is 55.4. The molecule has 8 aliphatic heterocycles. The minimum atomic E-state index is -0.492. The van der Waals surface area contributed by atoms with E-state index < -0.39 is 5.54 Å². The summed E-state index contributed by atoms with van der Waals surface area (Å²) < 4.78 is 0. The van der Waals surface area contributed by atoms with Gasteiger partial charge in [-0.2, -0.15) is 0 Å². The van der Waals surface area contributed by atoms with Crippen molar-refractivity contribution in [2.75, 3.05) is 137 Å². The summed E-state index contributed by atoms with van der Waals surface area (Å²) in [5.41, 5.74) is 16.4. The van der Waals surface area contributed by atoms with Crippen LogP contribution in [-0.4, -0.2) is 298 Å². The zero-order valence-corrected chi connectivity index (χ0v) is 96.4. The maximum atomic E-state index is 11.6. The number of aryl methyl sites for hydroxylation is 7. The van der Waals surface area contributed by atoms with Crippen molar-refractivity contribution in [1.82, 2.24) is 39.2 Å². The second kappa shape index (κ2) is 53.3. The summed E-state index contributed by atoms with van der Waals surface area (Å²) in [7, 11) is 0. The Bertz CT molecular complexity index is 5740. The normalized spacial score (nSPS) is 19.8. The standard InChI is InChI=1S/C45H66N8O2.C39H57N5O2.C37H55N5O2.3Co/c1-33-27-34(13-7-19-50-23-11-25-52-21-9-17-46-43(50)52)41(54)36(28-33)31-48-39-15-5-6-16-40(39)49-32-37-30-38(45(2,3)4)29-35(42(37)55)14-8-20-51-24-12-26-53-22-10-18-47-44(51)53;1-27-21-29(36(46)32(22-27)39(5,6)7)25-41-33-14-8-9-15-34(33)42-26-30-24-31(38(2,3)4)23-28(35(30)45)13-10-17-43-19-12-20-44-18-11-16-40-37(43)44;1-26-19-28(33(44)31(20-26)36(5,6)7)23-38-25-37(8,9)40-24-29-22-30(35(2,3)4)21-27(32(29)43)13-10-15-41-17-12-18-42-16-11-14-39-34(41)42;;;/h27-32,39-40,54-55H,5-26H2,1-4H3;21-26,33-34,45-46H,8-20H2,1-7H3;19-24,43-44H,10-18,25H2,1-9H3;;;. The Morgan fingerprint density at radius 1 is 0.284 bits per heavy atom. The molecule has 4 unspecified atom stereocenters. The maximum absolute atomic E-state index is 11.6. The molecule has 4 saturated heterocycles. The summed E-state index contributed by atoms with van der Waals surface area (Å²) in [6.07, 6.45) is 35.9. The molecule has 815 valence electrons. The van der Waals surface area contributed by atoms with Crippen LogP contribution >= 0.6 is 0 Å². The van der Waals surface area contributed by atoms with Gasteiger partial charge in [0.2, 0.25) is 0 Å². The predicted octanol–water partition coefficient (Wildman–Crippen LogP) is 21.5. The summed E-state index contributed by atoms with van der Waals surface area (Å²) in [6, 6.07) is 25.3.